The van der Waals surface area contributed by atoms with Crippen LogP contribution in [0.3, 0.4) is 0 Å². The van der Waals surface area contributed by atoms with Gasteiger partial charge in [-0.15, -0.1) is 0 Å². The molecule has 0 aromatic heterocycles. The smallest absolute Gasteiger partial charge is 0.0354 e. The summed E-state index contributed by atoms with van der Waals surface area (Å²) in [7, 11) is 0. The second-order valence-corrected chi connectivity index (χ2v) is 4.09. The van der Waals surface area contributed by atoms with E-state index in [0.29, 0.717) is 5.92 Å². The van der Waals surface area contributed by atoms with Crippen LogP contribution < -0.4 is 5.32 Å². The molecule has 0 bridgehead atoms. The van der Waals surface area contributed by atoms with E-state index in [9.17, 15) is 0 Å². The van der Waals surface area contributed by atoms with Gasteiger partial charge in [-0.2, -0.15) is 0 Å². The Morgan fingerprint density at radius 3 is 2.29 bits per heavy atom. The molecular weight excluding hydrogens is 170 g/mol. The molecule has 1 heteroatoms. The van der Waals surface area contributed by atoms with E-state index < -0.39 is 0 Å². The maximum atomic E-state index is 3.85. The van der Waals surface area contributed by atoms with E-state index in [1.54, 1.807) is 0 Å². The van der Waals surface area contributed by atoms with Gasteiger partial charge in [-0.25, -0.2) is 0 Å². The molecule has 0 aliphatic heterocycles. The quantitative estimate of drug-likeness (QED) is 0.710. The fourth-order valence-corrected chi connectivity index (χ4v) is 1.24. The molecule has 0 aliphatic carbocycles. The molecule has 0 radical (unpaired) electrons. The van der Waals surface area contributed by atoms with Crippen molar-refractivity contribution in [3.8, 4) is 0 Å². The Hall–Kier alpha value is -1.24. The van der Waals surface area contributed by atoms with E-state index in [1.807, 2.05) is 6.92 Å². The second kappa shape index (κ2) is 4.85. The minimum atomic E-state index is 0.602. The Kier molecular flexibility index (Phi) is 3.75. The zero-order chi connectivity index (χ0) is 10.6. The van der Waals surface area contributed by atoms with Gasteiger partial charge in [-0.05, 0) is 30.5 Å². The molecule has 0 fully saturated rings. The minimum Gasteiger partial charge on any atom is -0.381 e. The van der Waals surface area contributed by atoms with Crippen molar-refractivity contribution < 1.29 is 0 Å². The van der Waals surface area contributed by atoms with Gasteiger partial charge in [0.2, 0.25) is 0 Å². The summed E-state index contributed by atoms with van der Waals surface area (Å²) >= 11 is 0. The Bertz CT molecular complexity index is 296. The fourth-order valence-electron chi connectivity index (χ4n) is 1.24. The standard InChI is InChI=1S/C13H19N/c1-10(2)9-14-13-7-5-12(6-8-13)11(3)4/h5-8,11,14H,1,9H2,2-4H3. The molecule has 0 atom stereocenters. The van der Waals surface area contributed by atoms with Crippen molar-refractivity contribution in [3.05, 3.63) is 42.0 Å². The number of hydrogen-bond acceptors (Lipinski definition) is 1. The normalized spacial score (nSPS) is 10.3. The third-order valence-electron chi connectivity index (χ3n) is 2.17. The van der Waals surface area contributed by atoms with Crippen molar-refractivity contribution in [2.75, 3.05) is 11.9 Å². The molecule has 0 aliphatic rings. The Morgan fingerprint density at radius 1 is 1.29 bits per heavy atom. The van der Waals surface area contributed by atoms with Crippen molar-refractivity contribution in [3.63, 3.8) is 0 Å². The van der Waals surface area contributed by atoms with Crippen LogP contribution >= 0.6 is 0 Å². The summed E-state index contributed by atoms with van der Waals surface area (Å²) in [5.74, 6) is 0.602. The van der Waals surface area contributed by atoms with Crippen molar-refractivity contribution in [2.45, 2.75) is 26.7 Å². The first kappa shape index (κ1) is 10.8. The van der Waals surface area contributed by atoms with E-state index in [-0.39, 0.29) is 0 Å². The van der Waals surface area contributed by atoms with Crippen LogP contribution in [0.5, 0.6) is 0 Å². The third-order valence-corrected chi connectivity index (χ3v) is 2.17. The molecule has 0 saturated heterocycles. The minimum absolute atomic E-state index is 0.602. The Balaban J connectivity index is 2.59. The third kappa shape index (κ3) is 3.25. The molecule has 0 saturated carbocycles. The summed E-state index contributed by atoms with van der Waals surface area (Å²) in [4.78, 5) is 0. The molecule has 1 aromatic rings. The molecule has 0 spiro atoms. The highest BCUT2D eigenvalue weighted by atomic mass is 14.9. The Morgan fingerprint density at radius 2 is 1.86 bits per heavy atom. The number of benzene rings is 1. The zero-order valence-electron chi connectivity index (χ0n) is 9.30. The van der Waals surface area contributed by atoms with Gasteiger partial charge in [0.05, 0.1) is 0 Å². The average Bonchev–Trinajstić information content (AvgIpc) is 2.15. The molecule has 0 heterocycles. The second-order valence-electron chi connectivity index (χ2n) is 4.09. The highest BCUT2D eigenvalue weighted by Crippen LogP contribution is 2.17. The van der Waals surface area contributed by atoms with Crippen LogP contribution in [0.1, 0.15) is 32.3 Å². The highest BCUT2D eigenvalue weighted by molar-refractivity contribution is 5.45. The molecule has 1 N–H and O–H groups in total. The summed E-state index contributed by atoms with van der Waals surface area (Å²) in [5, 5.41) is 3.31. The summed E-state index contributed by atoms with van der Waals surface area (Å²) in [6, 6.07) is 8.59. The van der Waals surface area contributed by atoms with Gasteiger partial charge < -0.3 is 5.32 Å². The van der Waals surface area contributed by atoms with Crippen molar-refractivity contribution in [2.24, 2.45) is 0 Å². The fraction of sp³-hybridized carbons (Fsp3) is 0.385. The van der Waals surface area contributed by atoms with Gasteiger partial charge in [0.15, 0.2) is 0 Å². The summed E-state index contributed by atoms with van der Waals surface area (Å²) < 4.78 is 0. The lowest BCUT2D eigenvalue weighted by molar-refractivity contribution is 0.867. The van der Waals surface area contributed by atoms with E-state index in [0.717, 1.165) is 17.8 Å². The van der Waals surface area contributed by atoms with Crippen LogP contribution in [0.15, 0.2) is 36.4 Å². The first-order valence-corrected chi connectivity index (χ1v) is 5.08. The Labute approximate surface area is 86.8 Å². The molecule has 0 unspecified atom stereocenters. The van der Waals surface area contributed by atoms with Crippen LogP contribution in [0.4, 0.5) is 5.69 Å². The van der Waals surface area contributed by atoms with Gasteiger partial charge in [0, 0.05) is 12.2 Å². The monoisotopic (exact) mass is 189 g/mol. The molecular formula is C13H19N. The van der Waals surface area contributed by atoms with E-state index in [4.69, 9.17) is 0 Å². The van der Waals surface area contributed by atoms with Crippen LogP contribution in [-0.2, 0) is 0 Å². The van der Waals surface area contributed by atoms with Gasteiger partial charge in [-0.1, -0.05) is 38.1 Å². The molecule has 14 heavy (non-hydrogen) atoms. The summed E-state index contributed by atoms with van der Waals surface area (Å²) in [6.45, 7) is 11.1. The van der Waals surface area contributed by atoms with E-state index in [1.165, 1.54) is 5.56 Å². The van der Waals surface area contributed by atoms with Gasteiger partial charge in [0.1, 0.15) is 0 Å². The maximum absolute atomic E-state index is 3.85. The topological polar surface area (TPSA) is 12.0 Å². The zero-order valence-corrected chi connectivity index (χ0v) is 9.30. The van der Waals surface area contributed by atoms with Crippen LogP contribution in [0.25, 0.3) is 0 Å². The first-order valence-electron chi connectivity index (χ1n) is 5.08. The van der Waals surface area contributed by atoms with Crippen LogP contribution in [-0.4, -0.2) is 6.54 Å². The predicted molar refractivity (Wildman–Crippen MR) is 63.8 cm³/mol. The number of rotatable bonds is 4. The maximum Gasteiger partial charge on any atom is 0.0354 e. The molecule has 1 rings (SSSR count). The lowest BCUT2D eigenvalue weighted by atomic mass is 10.0. The van der Waals surface area contributed by atoms with Gasteiger partial charge >= 0.3 is 0 Å². The van der Waals surface area contributed by atoms with Crippen molar-refractivity contribution in [1.82, 2.24) is 0 Å². The summed E-state index contributed by atoms with van der Waals surface area (Å²) in [6.07, 6.45) is 0. The average molecular weight is 189 g/mol. The molecule has 0 amide bonds. The number of hydrogen-bond donors (Lipinski definition) is 1. The van der Waals surface area contributed by atoms with E-state index >= 15 is 0 Å². The number of anilines is 1. The van der Waals surface area contributed by atoms with Crippen LogP contribution in [0.2, 0.25) is 0 Å². The lowest BCUT2D eigenvalue weighted by Gasteiger charge is -2.08. The lowest BCUT2D eigenvalue weighted by Crippen LogP contribution is -2.01. The molecule has 1 nitrogen and oxygen atoms in total. The first-order chi connectivity index (χ1) is 6.59. The number of nitrogens with one attached hydrogen (secondary N) is 1. The largest absolute Gasteiger partial charge is 0.381 e. The molecule has 76 valence electrons. The van der Waals surface area contributed by atoms with Crippen molar-refractivity contribution in [1.29, 1.82) is 0 Å². The highest BCUT2D eigenvalue weighted by Gasteiger charge is 1.97. The molecule has 1 aromatic carbocycles. The summed E-state index contributed by atoms with van der Waals surface area (Å²) in [5.41, 5.74) is 3.70. The predicted octanol–water partition coefficient (Wildman–Crippen LogP) is 3.80. The van der Waals surface area contributed by atoms with Crippen molar-refractivity contribution >= 4 is 5.69 Å². The SMILES string of the molecule is C=C(C)CNc1ccc(C(C)C)cc1. The van der Waals surface area contributed by atoms with Gasteiger partial charge in [0.25, 0.3) is 0 Å². The van der Waals surface area contributed by atoms with Gasteiger partial charge in [-0.3, -0.25) is 0 Å². The van der Waals surface area contributed by atoms with Crippen LogP contribution in [0, 0.1) is 0 Å². The van der Waals surface area contributed by atoms with E-state index in [2.05, 4.69) is 50.0 Å².